The molecule has 272 valence electrons. The zero-order valence-corrected chi connectivity index (χ0v) is 28.3. The van der Waals surface area contributed by atoms with Gasteiger partial charge in [0.05, 0.1) is 49.5 Å². The molecule has 0 saturated carbocycles. The molecule has 0 bridgehead atoms. The number of hydrogen-bond acceptors (Lipinski definition) is 15. The number of hydrogen-bond donors (Lipinski definition) is 2. The normalized spacial score (nSPS) is 14.2. The molecule has 0 fully saturated rings. The highest BCUT2D eigenvalue weighted by Crippen LogP contribution is 2.31. The van der Waals surface area contributed by atoms with E-state index in [2.05, 4.69) is 19.6 Å². The van der Waals surface area contributed by atoms with Crippen LogP contribution in [0.3, 0.4) is 0 Å². The summed E-state index contributed by atoms with van der Waals surface area (Å²) in [6.45, 7) is 4.26. The third kappa shape index (κ3) is 13.8. The van der Waals surface area contributed by atoms with E-state index in [4.69, 9.17) is 9.47 Å². The van der Waals surface area contributed by atoms with E-state index in [0.29, 0.717) is 16.8 Å². The van der Waals surface area contributed by atoms with E-state index < -0.39 is 69.4 Å². The van der Waals surface area contributed by atoms with Crippen molar-refractivity contribution in [2.24, 2.45) is 0 Å². The van der Waals surface area contributed by atoms with Gasteiger partial charge >= 0.3 is 5.97 Å². The molecule has 0 radical (unpaired) electrons. The summed E-state index contributed by atoms with van der Waals surface area (Å²) < 4.78 is 49.3. The van der Waals surface area contributed by atoms with Gasteiger partial charge in [-0.15, -0.1) is 20.2 Å². The highest BCUT2D eigenvalue weighted by atomic mass is 32.2. The molecule has 20 heteroatoms. The summed E-state index contributed by atoms with van der Waals surface area (Å²) in [5.74, 6) is -1.60. The summed E-state index contributed by atoms with van der Waals surface area (Å²) >= 11 is 0. The number of esters is 1. The number of halogens is 1. The first kappa shape index (κ1) is 40.6. The Kier molecular flexibility index (Phi) is 15.6. The predicted octanol–water partition coefficient (Wildman–Crippen LogP) is 2.44. The van der Waals surface area contributed by atoms with Gasteiger partial charge in [-0.25, -0.2) is 27.1 Å². The molecule has 0 aliphatic carbocycles. The second kappa shape index (κ2) is 18.9. The molecule has 1 aromatic carbocycles. The molecule has 2 N–H and O–H groups in total. The summed E-state index contributed by atoms with van der Waals surface area (Å²) in [5.41, 5.74) is 1.61. The molecule has 0 aliphatic heterocycles. The highest BCUT2D eigenvalue weighted by Gasteiger charge is 2.25. The van der Waals surface area contributed by atoms with Gasteiger partial charge in [-0.1, -0.05) is 26.0 Å². The third-order valence-electron chi connectivity index (χ3n) is 6.78. The SMILES string of the molecule is CC(C)c1nc(N(C)S(C)(=O)=O)nc(-c2ccc(F)cc2)c1/C=C/[C@@H](O)C[C@@H](O)CC(=O)OCCCOCC(O[N+](=O)[O-])C(C)O[N+](=O)[O-]. The van der Waals surface area contributed by atoms with E-state index in [1.54, 1.807) is 0 Å². The van der Waals surface area contributed by atoms with Crippen molar-refractivity contribution < 1.29 is 57.1 Å². The lowest BCUT2D eigenvalue weighted by atomic mass is 9.97. The highest BCUT2D eigenvalue weighted by molar-refractivity contribution is 7.92. The van der Waals surface area contributed by atoms with Crippen molar-refractivity contribution >= 4 is 28.0 Å². The lowest BCUT2D eigenvalue weighted by molar-refractivity contribution is -0.798. The van der Waals surface area contributed by atoms with Gasteiger partial charge in [-0.3, -0.25) is 4.79 Å². The van der Waals surface area contributed by atoms with Crippen LogP contribution in [0.4, 0.5) is 10.3 Å². The van der Waals surface area contributed by atoms with Gasteiger partial charge in [0, 0.05) is 37.6 Å². The van der Waals surface area contributed by atoms with E-state index >= 15 is 0 Å². The second-order valence-electron chi connectivity index (χ2n) is 11.1. The number of carbonyl (C=O) groups excluding carboxylic acids is 1. The number of aliphatic hydroxyl groups excluding tert-OH is 2. The Bertz CT molecular complexity index is 1560. The fraction of sp³-hybridized carbons (Fsp3) is 0.552. The van der Waals surface area contributed by atoms with Crippen LogP contribution < -0.4 is 4.31 Å². The van der Waals surface area contributed by atoms with Crippen LogP contribution in [0, 0.1) is 26.0 Å². The standard InChI is InChI=1S/C29H40FN5O13S/c1-18(2)27-24(28(20-7-9-21(30)10-8-20)32-29(31-27)33(4)49(5,43)44)12-11-22(36)15-23(37)16-26(38)46-14-6-13-45-17-25(48-35(41)42)19(3)47-34(39)40/h7-12,18-19,22-23,25,36-37H,6,13-17H2,1-5H3/b12-11+/t19?,22-,23-,25?/m1/s1. The summed E-state index contributed by atoms with van der Waals surface area (Å²) in [4.78, 5) is 50.7. The van der Waals surface area contributed by atoms with Crippen molar-refractivity contribution in [2.75, 3.05) is 37.4 Å². The summed E-state index contributed by atoms with van der Waals surface area (Å²) in [6.07, 6.45) is -1.89. The van der Waals surface area contributed by atoms with Crippen molar-refractivity contribution in [3.05, 3.63) is 67.6 Å². The zero-order valence-electron chi connectivity index (χ0n) is 27.5. The molecular formula is C29H40FN5O13S. The molecule has 49 heavy (non-hydrogen) atoms. The predicted molar refractivity (Wildman–Crippen MR) is 171 cm³/mol. The number of sulfonamides is 1. The van der Waals surface area contributed by atoms with Crippen LogP contribution in [0.1, 0.15) is 57.2 Å². The number of ether oxygens (including phenoxy) is 2. The van der Waals surface area contributed by atoms with E-state index in [9.17, 15) is 48.0 Å². The lowest BCUT2D eigenvalue weighted by Crippen LogP contribution is -2.36. The van der Waals surface area contributed by atoms with Gasteiger partial charge in [0.2, 0.25) is 16.0 Å². The molecule has 4 atom stereocenters. The van der Waals surface area contributed by atoms with Crippen LogP contribution in [0.25, 0.3) is 17.3 Å². The van der Waals surface area contributed by atoms with Crippen molar-refractivity contribution in [1.29, 1.82) is 0 Å². The number of carbonyl (C=O) groups is 1. The summed E-state index contributed by atoms with van der Waals surface area (Å²) in [5, 5.41) is 39.9. The molecule has 0 amide bonds. The molecule has 2 rings (SSSR count). The summed E-state index contributed by atoms with van der Waals surface area (Å²) in [7, 11) is -2.42. The number of anilines is 1. The number of aliphatic hydroxyl groups is 2. The van der Waals surface area contributed by atoms with Crippen LogP contribution in [-0.4, -0.2) is 102 Å². The monoisotopic (exact) mass is 717 g/mol. The Hall–Kier alpha value is -4.53. The van der Waals surface area contributed by atoms with Crippen molar-refractivity contribution in [3.8, 4) is 11.3 Å². The molecule has 0 spiro atoms. The Morgan fingerprint density at radius 2 is 1.69 bits per heavy atom. The fourth-order valence-electron chi connectivity index (χ4n) is 4.21. The number of nitrogens with zero attached hydrogens (tertiary/aromatic N) is 5. The minimum absolute atomic E-state index is 0.0460. The maximum Gasteiger partial charge on any atom is 0.308 e. The molecule has 18 nitrogen and oxygen atoms in total. The first-order valence-corrected chi connectivity index (χ1v) is 16.8. The van der Waals surface area contributed by atoms with E-state index in [1.165, 1.54) is 50.4 Å². The summed E-state index contributed by atoms with van der Waals surface area (Å²) in [6, 6.07) is 5.38. The molecular weight excluding hydrogens is 677 g/mol. The van der Waals surface area contributed by atoms with Crippen LogP contribution in [0.5, 0.6) is 0 Å². The maximum atomic E-state index is 13.7. The molecule has 1 aromatic heterocycles. The number of benzene rings is 1. The molecule has 0 aliphatic rings. The minimum atomic E-state index is -3.72. The van der Waals surface area contributed by atoms with Gasteiger partial charge < -0.3 is 29.4 Å². The van der Waals surface area contributed by atoms with Crippen LogP contribution in [0.2, 0.25) is 0 Å². The lowest BCUT2D eigenvalue weighted by Gasteiger charge is -2.20. The molecule has 1 heterocycles. The molecule has 0 saturated heterocycles. The Morgan fingerprint density at radius 1 is 1.06 bits per heavy atom. The van der Waals surface area contributed by atoms with Crippen LogP contribution >= 0.6 is 0 Å². The molecule has 2 aromatic rings. The quantitative estimate of drug-likeness (QED) is 0.0815. The topological polar surface area (TPSA) is 244 Å². The van der Waals surface area contributed by atoms with E-state index in [0.717, 1.165) is 10.6 Å². The van der Waals surface area contributed by atoms with Crippen molar-refractivity contribution in [1.82, 2.24) is 9.97 Å². The van der Waals surface area contributed by atoms with Gasteiger partial charge in [0.1, 0.15) is 11.9 Å². The number of aromatic nitrogens is 2. The fourth-order valence-corrected chi connectivity index (χ4v) is 4.59. The Labute approximate surface area is 281 Å². The van der Waals surface area contributed by atoms with Crippen LogP contribution in [0.15, 0.2) is 30.3 Å². The van der Waals surface area contributed by atoms with Gasteiger partial charge in [0.25, 0.3) is 10.2 Å². The Balaban J connectivity index is 2.01. The average molecular weight is 718 g/mol. The number of rotatable bonds is 21. The van der Waals surface area contributed by atoms with E-state index in [-0.39, 0.29) is 43.6 Å². The van der Waals surface area contributed by atoms with Crippen molar-refractivity contribution in [3.63, 3.8) is 0 Å². The average Bonchev–Trinajstić information content (AvgIpc) is 2.99. The van der Waals surface area contributed by atoms with Gasteiger partial charge in [-0.05, 0) is 37.1 Å². The maximum absolute atomic E-state index is 13.7. The Morgan fingerprint density at radius 3 is 2.27 bits per heavy atom. The first-order valence-electron chi connectivity index (χ1n) is 14.9. The smallest absolute Gasteiger partial charge is 0.308 e. The largest absolute Gasteiger partial charge is 0.466 e. The van der Waals surface area contributed by atoms with E-state index in [1.807, 2.05) is 13.8 Å². The first-order chi connectivity index (χ1) is 22.9. The van der Waals surface area contributed by atoms with Gasteiger partial charge in [-0.2, -0.15) is 0 Å². The van der Waals surface area contributed by atoms with Gasteiger partial charge in [0.15, 0.2) is 6.10 Å². The van der Waals surface area contributed by atoms with Crippen LogP contribution in [-0.2, 0) is 34.0 Å². The minimum Gasteiger partial charge on any atom is -0.466 e. The molecule has 2 unspecified atom stereocenters. The zero-order chi connectivity index (χ0) is 36.9. The van der Waals surface area contributed by atoms with Crippen molar-refractivity contribution in [2.45, 2.75) is 70.4 Å². The third-order valence-corrected chi connectivity index (χ3v) is 7.94. The second-order valence-corrected chi connectivity index (χ2v) is 13.1.